The van der Waals surface area contributed by atoms with Crippen LogP contribution in [0.5, 0.6) is 6.01 Å². The summed E-state index contributed by atoms with van der Waals surface area (Å²) in [5, 5.41) is 19.5. The predicted octanol–water partition coefficient (Wildman–Crippen LogP) is 4.57. The normalized spacial score (nSPS) is 12.7. The molecule has 4 nitrogen and oxygen atoms in total. The van der Waals surface area contributed by atoms with Crippen LogP contribution in [0.4, 0.5) is 0 Å². The summed E-state index contributed by atoms with van der Waals surface area (Å²) in [6.07, 6.45) is 8.49. The van der Waals surface area contributed by atoms with Gasteiger partial charge in [-0.1, -0.05) is 42.5 Å². The fraction of sp³-hybridized carbons (Fsp3) is 0.238. The van der Waals surface area contributed by atoms with Crippen LogP contribution in [-0.4, -0.2) is 26.3 Å². The van der Waals surface area contributed by atoms with E-state index in [1.807, 2.05) is 25.1 Å². The van der Waals surface area contributed by atoms with Crippen molar-refractivity contribution in [1.29, 1.82) is 0 Å². The highest BCUT2D eigenvalue weighted by molar-refractivity contribution is 5.84. The summed E-state index contributed by atoms with van der Waals surface area (Å²) in [7, 11) is 0. The summed E-state index contributed by atoms with van der Waals surface area (Å²) >= 11 is 0. The zero-order chi connectivity index (χ0) is 17.6. The van der Waals surface area contributed by atoms with Gasteiger partial charge in [-0.2, -0.15) is 4.98 Å². The molecule has 128 valence electrons. The van der Waals surface area contributed by atoms with E-state index in [1.165, 1.54) is 0 Å². The molecule has 1 aromatic heterocycles. The van der Waals surface area contributed by atoms with Gasteiger partial charge >= 0.3 is 6.01 Å². The number of aliphatic hydroxyl groups is 1. The molecule has 4 heteroatoms. The molecule has 2 aromatic carbocycles. The first kappa shape index (κ1) is 17.1. The summed E-state index contributed by atoms with van der Waals surface area (Å²) in [5.74, 6) is 0. The first-order chi connectivity index (χ1) is 12.1. The van der Waals surface area contributed by atoms with Gasteiger partial charge in [-0.15, -0.1) is 0 Å². The molecule has 0 aliphatic heterocycles. The van der Waals surface area contributed by atoms with Crippen molar-refractivity contribution in [2.24, 2.45) is 0 Å². The van der Waals surface area contributed by atoms with Crippen molar-refractivity contribution in [2.45, 2.75) is 32.3 Å². The molecule has 3 rings (SSSR count). The summed E-state index contributed by atoms with van der Waals surface area (Å²) < 4.78 is 0. The second-order valence-electron chi connectivity index (χ2n) is 6.25. The maximum absolute atomic E-state index is 9.34. The molecule has 0 amide bonds. The average molecular weight is 334 g/mol. The predicted molar refractivity (Wildman–Crippen MR) is 101 cm³/mol. The lowest BCUT2D eigenvalue weighted by atomic mass is 10.0. The summed E-state index contributed by atoms with van der Waals surface area (Å²) in [5.41, 5.74) is 4.11. The Kier molecular flexibility index (Phi) is 5.41. The average Bonchev–Trinajstić information content (AvgIpc) is 2.61. The van der Waals surface area contributed by atoms with Crippen molar-refractivity contribution in [3.8, 4) is 17.1 Å². The van der Waals surface area contributed by atoms with E-state index in [1.54, 1.807) is 6.20 Å². The smallest absolute Gasteiger partial charge is 0.314 e. The van der Waals surface area contributed by atoms with Gasteiger partial charge in [0.15, 0.2) is 0 Å². The number of aromatic nitrogens is 2. The van der Waals surface area contributed by atoms with E-state index >= 15 is 0 Å². The Hall–Kier alpha value is -2.72. The van der Waals surface area contributed by atoms with Crippen molar-refractivity contribution >= 4 is 17.0 Å². The second kappa shape index (κ2) is 7.90. The molecule has 0 saturated heterocycles. The van der Waals surface area contributed by atoms with Crippen LogP contribution in [0.15, 0.2) is 54.7 Å². The minimum absolute atomic E-state index is 0.204. The molecule has 2 N–H and O–H groups in total. The van der Waals surface area contributed by atoms with Gasteiger partial charge in [0.2, 0.25) is 0 Å². The first-order valence-electron chi connectivity index (χ1n) is 8.52. The lowest BCUT2D eigenvalue weighted by Crippen LogP contribution is -1.97. The summed E-state index contributed by atoms with van der Waals surface area (Å²) in [6.45, 7) is 1.82. The lowest BCUT2D eigenvalue weighted by Gasteiger charge is -2.05. The Morgan fingerprint density at radius 3 is 2.60 bits per heavy atom. The number of unbranched alkanes of at least 4 members (excludes halogenated alkanes) is 1. The highest BCUT2D eigenvalue weighted by Gasteiger charge is 2.02. The van der Waals surface area contributed by atoms with E-state index in [0.717, 1.165) is 46.9 Å². The Bertz CT molecular complexity index is 871. The number of fused-ring (bicyclic) bond motifs is 1. The fourth-order valence-corrected chi connectivity index (χ4v) is 2.74. The fourth-order valence-electron chi connectivity index (χ4n) is 2.74. The third kappa shape index (κ3) is 4.64. The van der Waals surface area contributed by atoms with Crippen molar-refractivity contribution < 1.29 is 10.2 Å². The van der Waals surface area contributed by atoms with Gasteiger partial charge in [-0.3, -0.25) is 0 Å². The number of aliphatic hydroxyl groups excluding tert-OH is 1. The topological polar surface area (TPSA) is 66.2 Å². The quantitative estimate of drug-likeness (QED) is 0.648. The van der Waals surface area contributed by atoms with Crippen LogP contribution in [0.25, 0.3) is 28.1 Å². The molecule has 25 heavy (non-hydrogen) atoms. The zero-order valence-corrected chi connectivity index (χ0v) is 14.3. The third-order valence-corrected chi connectivity index (χ3v) is 4.11. The van der Waals surface area contributed by atoms with Gasteiger partial charge < -0.3 is 10.2 Å². The first-order valence-corrected chi connectivity index (χ1v) is 8.52. The molecule has 1 atom stereocenters. The van der Waals surface area contributed by atoms with Gasteiger partial charge in [-0.25, -0.2) is 4.98 Å². The minimum atomic E-state index is -0.219. The van der Waals surface area contributed by atoms with E-state index in [-0.39, 0.29) is 12.1 Å². The van der Waals surface area contributed by atoms with E-state index in [2.05, 4.69) is 46.4 Å². The number of aromatic hydroxyl groups is 1. The molecule has 1 unspecified atom stereocenters. The zero-order valence-electron chi connectivity index (χ0n) is 14.3. The maximum Gasteiger partial charge on any atom is 0.314 e. The Morgan fingerprint density at radius 2 is 1.84 bits per heavy atom. The minimum Gasteiger partial charge on any atom is -0.479 e. The van der Waals surface area contributed by atoms with Gasteiger partial charge in [0.25, 0.3) is 0 Å². The van der Waals surface area contributed by atoms with Gasteiger partial charge in [0, 0.05) is 11.6 Å². The standard InChI is InChI=1S/C21H22N2O2/c1-15(24)5-3-2-4-6-16-7-9-17(10-8-16)18-11-12-20-19(13-18)14-22-21(25)23-20/h4,6-15,24H,2-3,5H2,1H3,(H,22,23,25)/b6-4+. The van der Waals surface area contributed by atoms with Crippen LogP contribution in [0.3, 0.4) is 0 Å². The van der Waals surface area contributed by atoms with Crippen LogP contribution in [-0.2, 0) is 0 Å². The Balaban J connectivity index is 1.69. The van der Waals surface area contributed by atoms with Crippen molar-refractivity contribution in [1.82, 2.24) is 9.97 Å². The van der Waals surface area contributed by atoms with Crippen LogP contribution in [0, 0.1) is 0 Å². The van der Waals surface area contributed by atoms with Crippen LogP contribution in [0.2, 0.25) is 0 Å². The molecule has 0 fully saturated rings. The van der Waals surface area contributed by atoms with E-state index in [4.69, 9.17) is 0 Å². The van der Waals surface area contributed by atoms with Gasteiger partial charge in [-0.05, 0) is 55.0 Å². The number of allylic oxidation sites excluding steroid dienone is 1. The van der Waals surface area contributed by atoms with E-state index < -0.39 is 0 Å². The Morgan fingerprint density at radius 1 is 1.08 bits per heavy atom. The van der Waals surface area contributed by atoms with E-state index in [0.29, 0.717) is 0 Å². The van der Waals surface area contributed by atoms with Crippen molar-refractivity contribution in [3.05, 3.63) is 60.3 Å². The molecule has 0 saturated carbocycles. The molecule has 0 aliphatic rings. The highest BCUT2D eigenvalue weighted by Crippen LogP contribution is 2.24. The second-order valence-corrected chi connectivity index (χ2v) is 6.25. The number of rotatable bonds is 6. The molecule has 0 spiro atoms. The van der Waals surface area contributed by atoms with Crippen molar-refractivity contribution in [3.63, 3.8) is 0 Å². The summed E-state index contributed by atoms with van der Waals surface area (Å²) in [6, 6.07) is 14.1. The van der Waals surface area contributed by atoms with Crippen LogP contribution in [0.1, 0.15) is 31.7 Å². The SMILES string of the molecule is CC(O)CCC/C=C/c1ccc(-c2ccc3nc(O)ncc3c2)cc1. The van der Waals surface area contributed by atoms with Gasteiger partial charge in [0.05, 0.1) is 11.6 Å². The molecule has 1 heterocycles. The molecular formula is C21H22N2O2. The van der Waals surface area contributed by atoms with Crippen LogP contribution >= 0.6 is 0 Å². The van der Waals surface area contributed by atoms with Crippen LogP contribution < -0.4 is 0 Å². The molecule has 0 radical (unpaired) electrons. The Labute approximate surface area is 147 Å². The number of nitrogens with zero attached hydrogens (tertiary/aromatic N) is 2. The monoisotopic (exact) mass is 334 g/mol. The highest BCUT2D eigenvalue weighted by atomic mass is 16.3. The number of hydrogen-bond donors (Lipinski definition) is 2. The van der Waals surface area contributed by atoms with Crippen molar-refractivity contribution in [2.75, 3.05) is 0 Å². The maximum atomic E-state index is 9.34. The van der Waals surface area contributed by atoms with E-state index in [9.17, 15) is 10.2 Å². The molecule has 3 aromatic rings. The number of hydrogen-bond acceptors (Lipinski definition) is 4. The third-order valence-electron chi connectivity index (χ3n) is 4.11. The number of benzene rings is 2. The molecule has 0 aliphatic carbocycles. The lowest BCUT2D eigenvalue weighted by molar-refractivity contribution is 0.182. The molecular weight excluding hydrogens is 312 g/mol. The largest absolute Gasteiger partial charge is 0.479 e. The molecule has 0 bridgehead atoms. The van der Waals surface area contributed by atoms with Gasteiger partial charge in [0.1, 0.15) is 0 Å². The summed E-state index contributed by atoms with van der Waals surface area (Å²) in [4.78, 5) is 7.84.